The quantitative estimate of drug-likeness (QED) is 0.392. The minimum absolute atomic E-state index is 0.653. The van der Waals surface area contributed by atoms with Gasteiger partial charge in [0.05, 0.1) is 0 Å². The molecule has 2 unspecified atom stereocenters. The van der Waals surface area contributed by atoms with Crippen LogP contribution in [0.2, 0.25) is 0 Å². The molecule has 58 valence electrons. The molecule has 0 radical (unpaired) electrons. The van der Waals surface area contributed by atoms with Crippen LogP contribution < -0.4 is 21.2 Å². The Morgan fingerprint density at radius 2 is 2.20 bits per heavy atom. The van der Waals surface area contributed by atoms with Crippen molar-refractivity contribution in [2.24, 2.45) is 5.92 Å². The van der Waals surface area contributed by atoms with E-state index in [2.05, 4.69) is 22.6 Å². The van der Waals surface area contributed by atoms with Crippen LogP contribution in [-0.4, -0.2) is 11.3 Å². The molecule has 1 saturated carbocycles. The van der Waals surface area contributed by atoms with Crippen LogP contribution in [-0.2, 0) is 0 Å². The van der Waals surface area contributed by atoms with Crippen molar-refractivity contribution >= 4 is 22.6 Å². The second kappa shape index (κ2) is 2.03. The molecule has 0 aromatic carbocycles. The summed E-state index contributed by atoms with van der Waals surface area (Å²) >= 11 is 3.43. The van der Waals surface area contributed by atoms with Gasteiger partial charge >= 0.3 is 86.7 Å². The van der Waals surface area contributed by atoms with Crippen molar-refractivity contribution in [1.82, 2.24) is 0 Å². The third-order valence-corrected chi connectivity index (χ3v) is 11.5. The van der Waals surface area contributed by atoms with E-state index in [0.717, 1.165) is 3.42 Å². The molecule has 0 amide bonds. The van der Waals surface area contributed by atoms with Gasteiger partial charge in [0, 0.05) is 0 Å². The van der Waals surface area contributed by atoms with E-state index in [0.29, 0.717) is 21.2 Å². The van der Waals surface area contributed by atoms with E-state index >= 15 is 0 Å². The molecule has 2 bridgehead atoms. The van der Waals surface area contributed by atoms with Crippen molar-refractivity contribution in [2.45, 2.75) is 37.0 Å². The fourth-order valence-electron chi connectivity index (χ4n) is 2.54. The van der Waals surface area contributed by atoms with Gasteiger partial charge in [-0.05, 0) is 0 Å². The SMILES string of the molecule is I[C@]12CCC3CCC1[C@H]2[I-]3. The van der Waals surface area contributed by atoms with Gasteiger partial charge in [0.2, 0.25) is 0 Å². The van der Waals surface area contributed by atoms with Crippen molar-refractivity contribution in [3.8, 4) is 0 Å². The molecule has 3 rings (SSSR count). The van der Waals surface area contributed by atoms with Gasteiger partial charge < -0.3 is 0 Å². The van der Waals surface area contributed by atoms with Crippen molar-refractivity contribution < 1.29 is 21.2 Å². The number of halogens is 2. The summed E-state index contributed by atoms with van der Waals surface area (Å²) in [6, 6.07) is 0. The third kappa shape index (κ3) is 0.730. The molecule has 10 heavy (non-hydrogen) atoms. The first-order chi connectivity index (χ1) is 4.81. The monoisotopic (exact) mass is 361 g/mol. The molecule has 2 heterocycles. The predicted molar refractivity (Wildman–Crippen MR) is 46.3 cm³/mol. The molecule has 0 nitrogen and oxygen atoms in total. The summed E-state index contributed by atoms with van der Waals surface area (Å²) in [5.41, 5.74) is 0. The molecule has 2 heteroatoms. The Hall–Kier alpha value is 1.46. The Bertz CT molecular complexity index is 174. The van der Waals surface area contributed by atoms with Gasteiger partial charge in [-0.3, -0.25) is 0 Å². The first kappa shape index (κ1) is 6.92. The fourth-order valence-corrected chi connectivity index (χ4v) is 10.5. The van der Waals surface area contributed by atoms with Gasteiger partial charge in [-0.1, -0.05) is 0 Å². The predicted octanol–water partition coefficient (Wildman–Crippen LogP) is -0.796. The van der Waals surface area contributed by atoms with E-state index in [-0.39, 0.29) is 0 Å². The van der Waals surface area contributed by atoms with Crippen LogP contribution in [0.25, 0.3) is 0 Å². The van der Waals surface area contributed by atoms with Crippen molar-refractivity contribution in [1.29, 1.82) is 0 Å². The van der Waals surface area contributed by atoms with Crippen molar-refractivity contribution in [3.63, 3.8) is 0 Å². The van der Waals surface area contributed by atoms with Crippen LogP contribution in [0.15, 0.2) is 0 Å². The molecule has 0 N–H and O–H groups in total. The number of alkyl halides is 3. The summed E-state index contributed by atoms with van der Waals surface area (Å²) in [7, 11) is 0. The zero-order valence-electron chi connectivity index (χ0n) is 5.82. The maximum absolute atomic E-state index is 2.78. The fraction of sp³-hybridized carbons (Fsp3) is 1.00. The van der Waals surface area contributed by atoms with Crippen LogP contribution in [0.4, 0.5) is 0 Å². The van der Waals surface area contributed by atoms with E-state index in [1.54, 1.807) is 25.7 Å². The Morgan fingerprint density at radius 3 is 3.00 bits per heavy atom. The summed E-state index contributed by atoms with van der Waals surface area (Å²) in [6.45, 7) is 0. The number of fused-ring (bicyclic) bond motifs is 2. The summed E-state index contributed by atoms with van der Waals surface area (Å²) in [4.78, 5) is 0. The zero-order valence-corrected chi connectivity index (χ0v) is 10.1. The topological polar surface area (TPSA) is 0 Å². The Morgan fingerprint density at radius 1 is 1.30 bits per heavy atom. The van der Waals surface area contributed by atoms with Crippen molar-refractivity contribution in [2.75, 3.05) is 0 Å². The van der Waals surface area contributed by atoms with Crippen LogP contribution in [0, 0.1) is 5.92 Å². The summed E-state index contributed by atoms with van der Waals surface area (Å²) in [6.07, 6.45) is 6.38. The Balaban J connectivity index is 1.96. The van der Waals surface area contributed by atoms with Crippen LogP contribution in [0.5, 0.6) is 0 Å². The second-order valence-corrected chi connectivity index (χ2v) is 9.61. The molecular formula is C8H11I2-. The Kier molecular flexibility index (Phi) is 1.41. The summed E-state index contributed by atoms with van der Waals surface area (Å²) in [5.74, 6) is 1.21. The van der Waals surface area contributed by atoms with Gasteiger partial charge in [-0.25, -0.2) is 0 Å². The van der Waals surface area contributed by atoms with Gasteiger partial charge in [0.15, 0.2) is 0 Å². The molecule has 0 aromatic heterocycles. The number of hydrogen-bond acceptors (Lipinski definition) is 0. The summed E-state index contributed by atoms with van der Waals surface area (Å²) < 4.78 is 3.41. The summed E-state index contributed by atoms with van der Waals surface area (Å²) in [5, 5.41) is 0. The van der Waals surface area contributed by atoms with E-state index in [4.69, 9.17) is 0 Å². The third-order valence-electron chi connectivity index (χ3n) is 3.26. The zero-order chi connectivity index (χ0) is 6.77. The average molecular weight is 361 g/mol. The molecule has 0 spiro atoms. The van der Waals surface area contributed by atoms with E-state index in [9.17, 15) is 0 Å². The van der Waals surface area contributed by atoms with Gasteiger partial charge in [0.1, 0.15) is 0 Å². The van der Waals surface area contributed by atoms with Gasteiger partial charge in [-0.15, -0.1) is 0 Å². The van der Waals surface area contributed by atoms with E-state index in [1.807, 2.05) is 0 Å². The normalized spacial score (nSPS) is 64.7. The average Bonchev–Trinajstić information content (AvgIpc) is 2.60. The number of rotatable bonds is 0. The number of hydrogen-bond donors (Lipinski definition) is 0. The van der Waals surface area contributed by atoms with Gasteiger partial charge in [-0.2, -0.15) is 0 Å². The molecule has 1 aliphatic carbocycles. The van der Waals surface area contributed by atoms with E-state index < -0.39 is 0 Å². The first-order valence-corrected chi connectivity index (χ1v) is 7.68. The van der Waals surface area contributed by atoms with Crippen LogP contribution in [0.1, 0.15) is 25.7 Å². The Labute approximate surface area is 85.9 Å². The molecule has 0 aromatic rings. The standard InChI is InChI=1S/C8H11I2/c9-8-4-3-5-1-2-6(8)7(8)10-5/h5-7H,1-4H2/q-1/t5?,6?,7-,8-/m1/s1. The molecule has 4 atom stereocenters. The van der Waals surface area contributed by atoms with Crippen LogP contribution >= 0.6 is 22.6 Å². The maximum atomic E-state index is 2.78. The van der Waals surface area contributed by atoms with Crippen molar-refractivity contribution in [3.05, 3.63) is 0 Å². The molecule has 3 aliphatic rings. The second-order valence-electron chi connectivity index (χ2n) is 3.77. The van der Waals surface area contributed by atoms with E-state index in [1.165, 1.54) is 13.8 Å². The first-order valence-electron chi connectivity index (χ1n) is 4.11. The minimum atomic E-state index is 0.653. The van der Waals surface area contributed by atoms with Crippen LogP contribution in [0.3, 0.4) is 0 Å². The molecule has 3 fully saturated rings. The molecular weight excluding hydrogens is 350 g/mol. The van der Waals surface area contributed by atoms with Gasteiger partial charge in [0.25, 0.3) is 0 Å². The molecule has 2 saturated heterocycles. The molecule has 2 aliphatic heterocycles.